The second kappa shape index (κ2) is 8.45. The van der Waals surface area contributed by atoms with E-state index in [9.17, 15) is 0 Å². The fourth-order valence-corrected chi connectivity index (χ4v) is 3.47. The van der Waals surface area contributed by atoms with Gasteiger partial charge >= 0.3 is 0 Å². The molecule has 7 heteroatoms. The molecule has 0 aliphatic carbocycles. The molecule has 152 valence electrons. The highest BCUT2D eigenvalue weighted by molar-refractivity contribution is 6.33. The molecule has 1 N–H and O–H groups in total. The van der Waals surface area contributed by atoms with Crippen molar-refractivity contribution >= 4 is 11.6 Å². The lowest BCUT2D eigenvalue weighted by atomic mass is 10.1. The molecule has 0 unspecified atom stereocenters. The van der Waals surface area contributed by atoms with Crippen LogP contribution in [0.4, 0.5) is 0 Å². The highest BCUT2D eigenvalue weighted by Gasteiger charge is 2.19. The topological polar surface area (TPSA) is 76.8 Å². The smallest absolute Gasteiger partial charge is 0.254 e. The third kappa shape index (κ3) is 3.93. The van der Waals surface area contributed by atoms with Crippen molar-refractivity contribution in [2.75, 3.05) is 0 Å². The highest BCUT2D eigenvalue weighted by atomic mass is 35.5. The molecule has 0 saturated heterocycles. The fraction of sp³-hybridized carbons (Fsp3) is 0.0417. The Morgan fingerprint density at radius 2 is 1.48 bits per heavy atom. The van der Waals surface area contributed by atoms with Crippen molar-refractivity contribution < 1.29 is 9.15 Å². The zero-order valence-electron chi connectivity index (χ0n) is 16.3. The molecule has 0 aliphatic rings. The van der Waals surface area contributed by atoms with E-state index in [1.54, 1.807) is 6.07 Å². The van der Waals surface area contributed by atoms with E-state index >= 15 is 0 Å². The number of nitrogens with zero attached hydrogens (tertiary/aromatic N) is 3. The molecule has 5 aromatic rings. The Kier molecular flexibility index (Phi) is 5.21. The lowest BCUT2D eigenvalue weighted by molar-refractivity contribution is 0.266. The van der Waals surface area contributed by atoms with Gasteiger partial charge in [-0.3, -0.25) is 5.10 Å². The van der Waals surface area contributed by atoms with Crippen molar-refractivity contribution in [1.29, 1.82) is 0 Å². The van der Waals surface area contributed by atoms with Crippen LogP contribution in [0.15, 0.2) is 89.3 Å². The lowest BCUT2D eigenvalue weighted by Gasteiger charge is -2.07. The number of benzene rings is 3. The van der Waals surface area contributed by atoms with Crippen LogP contribution in [0, 0.1) is 0 Å². The number of nitrogens with one attached hydrogen (secondary N) is 1. The van der Waals surface area contributed by atoms with E-state index in [1.807, 2.05) is 78.9 Å². The quantitative estimate of drug-likeness (QED) is 0.357. The van der Waals surface area contributed by atoms with Gasteiger partial charge in [-0.1, -0.05) is 84.4 Å². The van der Waals surface area contributed by atoms with Crippen LogP contribution < -0.4 is 4.74 Å². The second-order valence-corrected chi connectivity index (χ2v) is 7.19. The Labute approximate surface area is 183 Å². The molecule has 0 spiro atoms. The Bertz CT molecular complexity index is 1240. The first-order valence-electron chi connectivity index (χ1n) is 9.69. The van der Waals surface area contributed by atoms with E-state index in [2.05, 4.69) is 20.4 Å². The molecule has 0 radical (unpaired) electrons. The van der Waals surface area contributed by atoms with E-state index in [0.717, 1.165) is 16.8 Å². The number of rotatable bonds is 6. The van der Waals surface area contributed by atoms with Crippen LogP contribution in [0.3, 0.4) is 0 Å². The standard InChI is InChI=1S/C24H17ClN4O2/c25-19-14-8-7-13-18(19)24-29-26-20(31-24)15-30-23-21(16-9-3-1-4-10-16)27-28-22(23)17-11-5-2-6-12-17/h1-14H,15H2,(H,27,28). The first-order valence-corrected chi connectivity index (χ1v) is 10.1. The molecule has 2 aromatic heterocycles. The van der Waals surface area contributed by atoms with Crippen LogP contribution >= 0.6 is 11.6 Å². The molecule has 31 heavy (non-hydrogen) atoms. The van der Waals surface area contributed by atoms with E-state index < -0.39 is 0 Å². The van der Waals surface area contributed by atoms with Gasteiger partial charge in [0.05, 0.1) is 10.6 Å². The first kappa shape index (κ1) is 19.1. The molecule has 0 bridgehead atoms. The Morgan fingerprint density at radius 1 is 0.806 bits per heavy atom. The maximum absolute atomic E-state index is 6.23. The van der Waals surface area contributed by atoms with Crippen molar-refractivity contribution in [2.45, 2.75) is 6.61 Å². The maximum atomic E-state index is 6.23. The Morgan fingerprint density at radius 3 is 2.23 bits per heavy atom. The summed E-state index contributed by atoms with van der Waals surface area (Å²) in [5.74, 6) is 1.31. The average Bonchev–Trinajstić information content (AvgIpc) is 3.46. The Hall–Kier alpha value is -3.90. The van der Waals surface area contributed by atoms with Gasteiger partial charge in [-0.25, -0.2) is 0 Å². The fourth-order valence-electron chi connectivity index (χ4n) is 3.25. The van der Waals surface area contributed by atoms with Crippen LogP contribution in [0.5, 0.6) is 5.75 Å². The number of aromatic amines is 1. The summed E-state index contributed by atoms with van der Waals surface area (Å²) in [5, 5.41) is 16.4. The number of hydrogen-bond acceptors (Lipinski definition) is 5. The predicted octanol–water partition coefficient (Wildman–Crippen LogP) is 6.03. The molecule has 6 nitrogen and oxygen atoms in total. The average molecular weight is 429 g/mol. The summed E-state index contributed by atoms with van der Waals surface area (Å²) >= 11 is 6.23. The van der Waals surface area contributed by atoms with Crippen LogP contribution in [0.25, 0.3) is 34.0 Å². The maximum Gasteiger partial charge on any atom is 0.254 e. The largest absolute Gasteiger partial charge is 0.479 e. The Balaban J connectivity index is 1.46. The van der Waals surface area contributed by atoms with Crippen LogP contribution in [-0.4, -0.2) is 20.4 Å². The molecule has 0 aliphatic heterocycles. The summed E-state index contributed by atoms with van der Waals surface area (Å²) in [4.78, 5) is 0. The minimum absolute atomic E-state index is 0.0939. The van der Waals surface area contributed by atoms with Gasteiger partial charge in [0.25, 0.3) is 5.89 Å². The molecule has 0 atom stereocenters. The summed E-state index contributed by atoms with van der Waals surface area (Å²) in [7, 11) is 0. The van der Waals surface area contributed by atoms with E-state index in [0.29, 0.717) is 33.8 Å². The van der Waals surface area contributed by atoms with Crippen molar-refractivity contribution in [3.05, 3.63) is 95.8 Å². The number of aromatic nitrogens is 4. The highest BCUT2D eigenvalue weighted by Crippen LogP contribution is 2.37. The van der Waals surface area contributed by atoms with Gasteiger partial charge in [0.2, 0.25) is 5.89 Å². The zero-order valence-corrected chi connectivity index (χ0v) is 17.1. The molecule has 0 fully saturated rings. The zero-order chi connectivity index (χ0) is 21.0. The lowest BCUT2D eigenvalue weighted by Crippen LogP contribution is -1.97. The van der Waals surface area contributed by atoms with Gasteiger partial charge in [0.1, 0.15) is 11.4 Å². The van der Waals surface area contributed by atoms with Gasteiger partial charge in [-0.15, -0.1) is 10.2 Å². The van der Waals surface area contributed by atoms with Crippen LogP contribution in [-0.2, 0) is 6.61 Å². The van der Waals surface area contributed by atoms with Crippen molar-refractivity contribution in [3.63, 3.8) is 0 Å². The normalized spacial score (nSPS) is 10.9. The van der Waals surface area contributed by atoms with Crippen molar-refractivity contribution in [1.82, 2.24) is 20.4 Å². The number of hydrogen-bond donors (Lipinski definition) is 1. The minimum atomic E-state index is 0.0939. The summed E-state index contributed by atoms with van der Waals surface area (Å²) in [6.45, 7) is 0.0939. The van der Waals surface area contributed by atoms with Gasteiger partial charge in [-0.2, -0.15) is 5.10 Å². The van der Waals surface area contributed by atoms with Crippen molar-refractivity contribution in [2.24, 2.45) is 0 Å². The molecule has 5 rings (SSSR count). The second-order valence-electron chi connectivity index (χ2n) is 6.78. The van der Waals surface area contributed by atoms with Gasteiger partial charge < -0.3 is 9.15 Å². The van der Waals surface area contributed by atoms with E-state index in [1.165, 1.54) is 0 Å². The molecule has 0 amide bonds. The third-order valence-corrected chi connectivity index (χ3v) is 5.07. The summed E-state index contributed by atoms with van der Waals surface area (Å²) in [6.07, 6.45) is 0. The summed E-state index contributed by atoms with van der Waals surface area (Å²) < 4.78 is 11.9. The molecule has 2 heterocycles. The molecule has 3 aromatic carbocycles. The number of halogens is 1. The monoisotopic (exact) mass is 428 g/mol. The number of ether oxygens (including phenoxy) is 1. The van der Waals surface area contributed by atoms with Crippen LogP contribution in [0.1, 0.15) is 5.89 Å². The summed E-state index contributed by atoms with van der Waals surface area (Å²) in [5.41, 5.74) is 4.09. The molecular weight excluding hydrogens is 412 g/mol. The predicted molar refractivity (Wildman–Crippen MR) is 119 cm³/mol. The third-order valence-electron chi connectivity index (χ3n) is 4.74. The molecular formula is C24H17ClN4O2. The van der Waals surface area contributed by atoms with Gasteiger partial charge in [0, 0.05) is 11.1 Å². The number of H-pyrrole nitrogens is 1. The SMILES string of the molecule is Clc1ccccc1-c1nnc(COc2c(-c3ccccc3)n[nH]c2-c2ccccc2)o1. The van der Waals surface area contributed by atoms with Gasteiger partial charge in [-0.05, 0) is 12.1 Å². The van der Waals surface area contributed by atoms with E-state index in [-0.39, 0.29) is 6.61 Å². The summed E-state index contributed by atoms with van der Waals surface area (Å²) in [6, 6.07) is 27.1. The van der Waals surface area contributed by atoms with E-state index in [4.69, 9.17) is 20.8 Å². The van der Waals surface area contributed by atoms with Gasteiger partial charge in [0.15, 0.2) is 12.4 Å². The minimum Gasteiger partial charge on any atom is -0.479 e. The molecule has 0 saturated carbocycles. The van der Waals surface area contributed by atoms with Crippen LogP contribution in [0.2, 0.25) is 5.02 Å². The van der Waals surface area contributed by atoms with Crippen molar-refractivity contribution in [3.8, 4) is 39.7 Å². The first-order chi connectivity index (χ1) is 15.3.